The van der Waals surface area contributed by atoms with E-state index in [0.29, 0.717) is 5.56 Å². The number of carbonyl (C=O) groups is 7. The largest absolute Gasteiger partial charge is 0.508 e. The Balaban J connectivity index is 3.19. The summed E-state index contributed by atoms with van der Waals surface area (Å²) in [5, 5.41) is 43.5. The predicted molar refractivity (Wildman–Crippen MR) is 131 cm³/mol. The van der Waals surface area contributed by atoms with E-state index in [1.165, 1.54) is 24.3 Å². The zero-order valence-electron chi connectivity index (χ0n) is 20.7. The van der Waals surface area contributed by atoms with Crippen molar-refractivity contribution in [3.8, 4) is 5.75 Å². The fraction of sp³-hybridized carbons (Fsp3) is 0.435. The molecule has 0 aliphatic carbocycles. The van der Waals surface area contributed by atoms with Crippen molar-refractivity contribution >= 4 is 41.5 Å². The molecule has 0 fully saturated rings. The highest BCUT2D eigenvalue weighted by Gasteiger charge is 2.31. The number of carboxylic acids is 3. The van der Waals surface area contributed by atoms with Crippen LogP contribution in [-0.2, 0) is 40.0 Å². The lowest BCUT2D eigenvalue weighted by Gasteiger charge is -2.25. The summed E-state index contributed by atoms with van der Waals surface area (Å²) in [5.74, 6) is -8.14. The summed E-state index contributed by atoms with van der Waals surface area (Å²) in [6.45, 7) is 0. The van der Waals surface area contributed by atoms with E-state index in [-0.39, 0.29) is 25.0 Å². The molecule has 11 N–H and O–H groups in total. The van der Waals surface area contributed by atoms with E-state index in [1.54, 1.807) is 0 Å². The van der Waals surface area contributed by atoms with Crippen molar-refractivity contribution in [1.82, 2.24) is 16.0 Å². The average molecular weight is 554 g/mol. The maximum absolute atomic E-state index is 13.1. The topological polar surface area (TPSA) is 289 Å². The zero-order valence-corrected chi connectivity index (χ0v) is 20.7. The van der Waals surface area contributed by atoms with Crippen molar-refractivity contribution in [2.24, 2.45) is 11.5 Å². The van der Waals surface area contributed by atoms with E-state index >= 15 is 0 Å². The highest BCUT2D eigenvalue weighted by atomic mass is 16.4. The number of phenols is 1. The lowest BCUT2D eigenvalue weighted by atomic mass is 10.0. The zero-order chi connectivity index (χ0) is 29.7. The summed E-state index contributed by atoms with van der Waals surface area (Å²) < 4.78 is 0. The van der Waals surface area contributed by atoms with Crippen LogP contribution < -0.4 is 27.4 Å². The minimum Gasteiger partial charge on any atom is -0.508 e. The van der Waals surface area contributed by atoms with Gasteiger partial charge in [-0.15, -0.1) is 0 Å². The van der Waals surface area contributed by atoms with Crippen LogP contribution in [0, 0.1) is 0 Å². The number of hydrogen-bond acceptors (Lipinski definition) is 9. The van der Waals surface area contributed by atoms with Gasteiger partial charge in [-0.2, -0.15) is 0 Å². The van der Waals surface area contributed by atoms with E-state index in [1.807, 2.05) is 0 Å². The molecule has 16 heteroatoms. The molecule has 4 unspecified atom stereocenters. The van der Waals surface area contributed by atoms with Gasteiger partial charge >= 0.3 is 17.9 Å². The third-order valence-corrected chi connectivity index (χ3v) is 5.31. The SMILES string of the molecule is NC(=O)CCC(NC(=O)C(Cc1ccc(O)cc1)NC(=O)C(CCC(=O)O)NC(=O)C(N)CC(=O)O)C(=O)O. The fourth-order valence-corrected chi connectivity index (χ4v) is 3.26. The van der Waals surface area contributed by atoms with Crippen molar-refractivity contribution in [1.29, 1.82) is 0 Å². The van der Waals surface area contributed by atoms with Crippen LogP contribution in [0.2, 0.25) is 0 Å². The van der Waals surface area contributed by atoms with Crippen LogP contribution in [0.4, 0.5) is 0 Å². The second-order valence-corrected chi connectivity index (χ2v) is 8.53. The first-order valence-corrected chi connectivity index (χ1v) is 11.6. The van der Waals surface area contributed by atoms with Crippen molar-refractivity contribution in [2.45, 2.75) is 62.7 Å². The molecule has 0 radical (unpaired) electrons. The summed E-state index contributed by atoms with van der Waals surface area (Å²) in [6.07, 6.45) is -2.72. The van der Waals surface area contributed by atoms with Gasteiger partial charge in [0, 0.05) is 19.3 Å². The number of hydrogen-bond donors (Lipinski definition) is 9. The number of benzene rings is 1. The normalized spacial score (nSPS) is 13.7. The lowest BCUT2D eigenvalue weighted by molar-refractivity contribution is -0.142. The van der Waals surface area contributed by atoms with Crippen LogP contribution in [0.1, 0.15) is 37.7 Å². The summed E-state index contributed by atoms with van der Waals surface area (Å²) >= 11 is 0. The number of aromatic hydroxyl groups is 1. The number of amides is 4. The molecule has 214 valence electrons. The van der Waals surface area contributed by atoms with Gasteiger partial charge in [0.2, 0.25) is 23.6 Å². The third kappa shape index (κ3) is 12.4. The molecular weight excluding hydrogens is 522 g/mol. The molecule has 4 atom stereocenters. The minimum absolute atomic E-state index is 0.0877. The Morgan fingerprint density at radius 1 is 0.718 bits per heavy atom. The van der Waals surface area contributed by atoms with Gasteiger partial charge in [-0.05, 0) is 30.5 Å². The highest BCUT2D eigenvalue weighted by molar-refractivity contribution is 5.95. The van der Waals surface area contributed by atoms with E-state index in [0.717, 1.165) is 0 Å². The van der Waals surface area contributed by atoms with Crippen molar-refractivity contribution in [3.05, 3.63) is 29.8 Å². The van der Waals surface area contributed by atoms with Crippen LogP contribution >= 0.6 is 0 Å². The molecule has 1 aromatic carbocycles. The first-order valence-electron chi connectivity index (χ1n) is 11.6. The van der Waals surface area contributed by atoms with Crippen LogP contribution in [0.15, 0.2) is 24.3 Å². The van der Waals surface area contributed by atoms with E-state index < -0.39 is 85.0 Å². The molecule has 0 aliphatic rings. The van der Waals surface area contributed by atoms with E-state index in [2.05, 4.69) is 16.0 Å². The van der Waals surface area contributed by atoms with Crippen LogP contribution in [-0.4, -0.2) is 86.1 Å². The molecule has 0 spiro atoms. The monoisotopic (exact) mass is 553 g/mol. The molecule has 0 bridgehead atoms. The summed E-state index contributed by atoms with van der Waals surface area (Å²) in [5.41, 5.74) is 11.0. The van der Waals surface area contributed by atoms with Gasteiger partial charge < -0.3 is 47.8 Å². The van der Waals surface area contributed by atoms with Crippen LogP contribution in [0.3, 0.4) is 0 Å². The van der Waals surface area contributed by atoms with Gasteiger partial charge in [-0.1, -0.05) is 12.1 Å². The Labute approximate surface area is 221 Å². The molecule has 1 rings (SSSR count). The first kappa shape index (κ1) is 32.3. The standard InChI is InChI=1S/C23H31N5O11/c24-13(10-19(33)34)20(35)26-14(6-8-18(31)32)21(36)28-16(9-11-1-3-12(29)4-2-11)22(37)27-15(23(38)39)5-7-17(25)30/h1-4,13-16,29H,5-10,24H2,(H2,25,30)(H,26,35)(H,27,37)(H,28,36)(H,31,32)(H,33,34)(H,38,39). The number of carbonyl (C=O) groups excluding carboxylic acids is 4. The maximum atomic E-state index is 13.1. The second kappa shape index (κ2) is 15.5. The fourth-order valence-electron chi connectivity index (χ4n) is 3.26. The number of primary amides is 1. The quantitative estimate of drug-likeness (QED) is 0.0960. The van der Waals surface area contributed by atoms with Crippen molar-refractivity contribution in [2.75, 3.05) is 0 Å². The number of nitrogens with two attached hydrogens (primary N) is 2. The molecule has 0 heterocycles. The Kier molecular flexibility index (Phi) is 12.8. The number of nitrogens with one attached hydrogen (secondary N) is 3. The summed E-state index contributed by atoms with van der Waals surface area (Å²) in [7, 11) is 0. The molecule has 4 amide bonds. The predicted octanol–water partition coefficient (Wildman–Crippen LogP) is -2.59. The van der Waals surface area contributed by atoms with Crippen molar-refractivity contribution in [3.63, 3.8) is 0 Å². The molecule has 16 nitrogen and oxygen atoms in total. The highest BCUT2D eigenvalue weighted by Crippen LogP contribution is 2.12. The van der Waals surface area contributed by atoms with E-state index in [4.69, 9.17) is 21.7 Å². The van der Waals surface area contributed by atoms with Gasteiger partial charge in [0.05, 0.1) is 12.5 Å². The van der Waals surface area contributed by atoms with Gasteiger partial charge in [0.1, 0.15) is 23.9 Å². The molecule has 1 aromatic rings. The van der Waals surface area contributed by atoms with Crippen molar-refractivity contribution < 1.29 is 54.0 Å². The second-order valence-electron chi connectivity index (χ2n) is 8.53. The molecule has 0 saturated carbocycles. The molecule has 0 saturated heterocycles. The third-order valence-electron chi connectivity index (χ3n) is 5.31. The van der Waals surface area contributed by atoms with Gasteiger partial charge in [-0.25, -0.2) is 4.79 Å². The Morgan fingerprint density at radius 2 is 1.23 bits per heavy atom. The summed E-state index contributed by atoms with van der Waals surface area (Å²) in [4.78, 5) is 82.9. The average Bonchev–Trinajstić information content (AvgIpc) is 2.83. The Hall–Kier alpha value is -4.73. The maximum Gasteiger partial charge on any atom is 0.326 e. The van der Waals surface area contributed by atoms with Gasteiger partial charge in [0.25, 0.3) is 0 Å². The smallest absolute Gasteiger partial charge is 0.326 e. The Morgan fingerprint density at radius 3 is 1.74 bits per heavy atom. The van der Waals surface area contributed by atoms with E-state index in [9.17, 15) is 43.8 Å². The van der Waals surface area contributed by atoms with Crippen LogP contribution in [0.25, 0.3) is 0 Å². The van der Waals surface area contributed by atoms with Gasteiger partial charge in [-0.3, -0.25) is 28.8 Å². The number of carboxylic acid groups (broad SMARTS) is 3. The van der Waals surface area contributed by atoms with Crippen LogP contribution in [0.5, 0.6) is 5.75 Å². The number of rotatable bonds is 17. The molecule has 0 aliphatic heterocycles. The molecule has 0 aromatic heterocycles. The lowest BCUT2D eigenvalue weighted by Crippen LogP contribution is -2.57. The number of phenolic OH excluding ortho intramolecular Hbond substituents is 1. The van der Waals surface area contributed by atoms with Gasteiger partial charge in [0.15, 0.2) is 0 Å². The minimum atomic E-state index is -1.56. The summed E-state index contributed by atoms with van der Waals surface area (Å²) in [6, 6.07) is -0.641. The molecule has 39 heavy (non-hydrogen) atoms. The number of aliphatic carboxylic acids is 3. The molecular formula is C23H31N5O11. The first-order chi connectivity index (χ1) is 18.2. The Bertz CT molecular complexity index is 1080.